The van der Waals surface area contributed by atoms with Gasteiger partial charge in [-0.1, -0.05) is 97.1 Å². The van der Waals surface area contributed by atoms with E-state index >= 15 is 0 Å². The average Bonchev–Trinajstić information content (AvgIpc) is 2.92. The molecule has 0 saturated carbocycles. The highest BCUT2D eigenvalue weighted by Gasteiger charge is 2.16. The zero-order valence-electron chi connectivity index (χ0n) is 21.0. The Labute approximate surface area is 250 Å². The Kier molecular flexibility index (Phi) is 16.2. The first-order valence-corrected chi connectivity index (χ1v) is 11.6. The van der Waals surface area contributed by atoms with Crippen LogP contribution in [0.15, 0.2) is 97.1 Å². The fourth-order valence-electron chi connectivity index (χ4n) is 4.14. The molecule has 204 valence electrons. The molecule has 4 aromatic rings. The zero-order valence-corrected chi connectivity index (χ0v) is 24.3. The number of benzene rings is 4. The predicted molar refractivity (Wildman–Crippen MR) is 171 cm³/mol. The molecule has 4 aromatic carbocycles. The van der Waals surface area contributed by atoms with E-state index in [4.69, 9.17) is 22.9 Å². The van der Waals surface area contributed by atoms with E-state index in [0.29, 0.717) is 26.2 Å². The van der Waals surface area contributed by atoms with Crippen LogP contribution in [-0.2, 0) is 26.2 Å². The molecule has 0 radical (unpaired) electrons. The first kappa shape index (κ1) is 35.6. The lowest BCUT2D eigenvalue weighted by Crippen LogP contribution is -2.02. The van der Waals surface area contributed by atoms with Gasteiger partial charge >= 0.3 is 0 Å². The van der Waals surface area contributed by atoms with Crippen LogP contribution in [0, 0.1) is 0 Å². The third kappa shape index (κ3) is 8.31. The lowest BCUT2D eigenvalue weighted by molar-refractivity contribution is 1.07. The van der Waals surface area contributed by atoms with Gasteiger partial charge in [-0.25, -0.2) is 0 Å². The minimum Gasteiger partial charge on any atom is -0.326 e. The molecule has 8 N–H and O–H groups in total. The first-order valence-electron chi connectivity index (χ1n) is 11.6. The molecule has 0 bridgehead atoms. The molecule has 0 saturated heterocycles. The van der Waals surface area contributed by atoms with Gasteiger partial charge in [0.05, 0.1) is 0 Å². The van der Waals surface area contributed by atoms with E-state index in [1.165, 1.54) is 0 Å². The van der Waals surface area contributed by atoms with Gasteiger partial charge in [0.2, 0.25) is 0 Å². The van der Waals surface area contributed by atoms with Crippen LogP contribution in [0.5, 0.6) is 0 Å². The number of rotatable bonds is 8. The largest absolute Gasteiger partial charge is 0.326 e. The Balaban J connectivity index is 0.00000342. The highest BCUT2D eigenvalue weighted by Crippen LogP contribution is 2.37. The normalized spacial score (nSPS) is 9.68. The van der Waals surface area contributed by atoms with Crippen molar-refractivity contribution in [3.63, 3.8) is 0 Å². The van der Waals surface area contributed by atoms with Gasteiger partial charge in [-0.05, 0) is 55.7 Å². The molecule has 0 heterocycles. The second kappa shape index (κ2) is 17.3. The molecule has 8 heteroatoms. The summed E-state index contributed by atoms with van der Waals surface area (Å²) in [5, 5.41) is 0. The molecule has 4 nitrogen and oxygen atoms in total. The van der Waals surface area contributed by atoms with Crippen LogP contribution in [0.4, 0.5) is 0 Å². The Morgan fingerprint density at radius 2 is 0.474 bits per heavy atom. The highest BCUT2D eigenvalue weighted by atomic mass is 35.5. The summed E-state index contributed by atoms with van der Waals surface area (Å²) in [6, 6.07) is 33.9. The Morgan fingerprint density at radius 3 is 0.605 bits per heavy atom. The monoisotopic (exact) mass is 592 g/mol. The van der Waals surface area contributed by atoms with Crippen LogP contribution in [0.25, 0.3) is 11.1 Å². The van der Waals surface area contributed by atoms with E-state index in [2.05, 4.69) is 97.1 Å². The summed E-state index contributed by atoms with van der Waals surface area (Å²) in [5.74, 6) is 0. The third-order valence-corrected chi connectivity index (χ3v) is 6.16. The second-order valence-corrected chi connectivity index (χ2v) is 8.35. The van der Waals surface area contributed by atoms with Gasteiger partial charge in [-0.15, -0.1) is 49.6 Å². The summed E-state index contributed by atoms with van der Waals surface area (Å²) in [4.78, 5) is 0. The minimum atomic E-state index is 0. The maximum Gasteiger partial charge on any atom is 0.0178 e. The van der Waals surface area contributed by atoms with Crippen molar-refractivity contribution < 1.29 is 0 Å². The van der Waals surface area contributed by atoms with E-state index in [1.54, 1.807) is 0 Å². The van der Waals surface area contributed by atoms with Crippen molar-refractivity contribution in [2.24, 2.45) is 22.9 Å². The number of hydrogen-bond acceptors (Lipinski definition) is 4. The maximum absolute atomic E-state index is 5.87. The Bertz CT molecular complexity index is 1060. The summed E-state index contributed by atoms with van der Waals surface area (Å²) in [5.41, 5.74) is 34.7. The molecule has 0 fully saturated rings. The van der Waals surface area contributed by atoms with Crippen molar-refractivity contribution in [3.05, 3.63) is 142 Å². The highest BCUT2D eigenvalue weighted by molar-refractivity contribution is 6.04. The molecular formula is C30H36Cl4N4. The minimum absolute atomic E-state index is 0. The lowest BCUT2D eigenvalue weighted by atomic mass is 9.85. The molecule has 0 aliphatic rings. The predicted octanol–water partition coefficient (Wildman–Crippen LogP) is 6.22. The topological polar surface area (TPSA) is 104 Å². The van der Waals surface area contributed by atoms with E-state index in [0.717, 1.165) is 55.7 Å². The van der Waals surface area contributed by atoms with Gasteiger partial charge in [0.1, 0.15) is 0 Å². The number of hydrogen-bond donors (Lipinski definition) is 4. The van der Waals surface area contributed by atoms with Crippen LogP contribution in [0.3, 0.4) is 0 Å². The van der Waals surface area contributed by atoms with Crippen molar-refractivity contribution in [1.29, 1.82) is 0 Å². The third-order valence-electron chi connectivity index (χ3n) is 6.16. The zero-order chi connectivity index (χ0) is 23.9. The fraction of sp³-hybridized carbons (Fsp3) is 0.133. The summed E-state index contributed by atoms with van der Waals surface area (Å²) in [6.45, 7) is 2.05. The van der Waals surface area contributed by atoms with Gasteiger partial charge < -0.3 is 22.9 Å². The van der Waals surface area contributed by atoms with E-state index in [-0.39, 0.29) is 49.6 Å². The molecule has 0 aliphatic carbocycles. The van der Waals surface area contributed by atoms with Gasteiger partial charge in [-0.3, -0.25) is 0 Å². The van der Waals surface area contributed by atoms with Crippen molar-refractivity contribution >= 4 is 60.8 Å². The van der Waals surface area contributed by atoms with Crippen molar-refractivity contribution in [3.8, 4) is 0 Å². The van der Waals surface area contributed by atoms with E-state index in [1.807, 2.05) is 0 Å². The first-order chi connectivity index (χ1) is 16.7. The second-order valence-electron chi connectivity index (χ2n) is 8.35. The average molecular weight is 594 g/mol. The summed E-state index contributed by atoms with van der Waals surface area (Å²) in [7, 11) is 0. The van der Waals surface area contributed by atoms with E-state index < -0.39 is 0 Å². The lowest BCUT2D eigenvalue weighted by Gasteiger charge is -2.19. The maximum atomic E-state index is 5.87. The number of halogens is 4. The van der Waals surface area contributed by atoms with Gasteiger partial charge in [0.15, 0.2) is 0 Å². The molecule has 0 aromatic heterocycles. The summed E-state index contributed by atoms with van der Waals surface area (Å²) >= 11 is 0. The van der Waals surface area contributed by atoms with Gasteiger partial charge in [0, 0.05) is 26.2 Å². The molecule has 0 unspecified atom stereocenters. The van der Waals surface area contributed by atoms with E-state index in [9.17, 15) is 0 Å². The molecular weight excluding hydrogens is 558 g/mol. The van der Waals surface area contributed by atoms with Crippen LogP contribution in [0.1, 0.15) is 44.5 Å². The standard InChI is InChI=1S/C30H32N4.4ClH/c31-17-21-1-9-25(10-2-21)29(26-11-3-22(18-32)4-12-26)30(27-13-5-23(19-33)6-14-27)28-15-7-24(20-34)8-16-28;;;;/h1-16H,17-20,31-34H2;4*1H. The van der Waals surface area contributed by atoms with Gasteiger partial charge in [0.25, 0.3) is 0 Å². The smallest absolute Gasteiger partial charge is 0.0178 e. The molecule has 38 heavy (non-hydrogen) atoms. The quantitative estimate of drug-likeness (QED) is 0.182. The van der Waals surface area contributed by atoms with Gasteiger partial charge in [-0.2, -0.15) is 0 Å². The van der Waals surface area contributed by atoms with Crippen LogP contribution in [0.2, 0.25) is 0 Å². The Morgan fingerprint density at radius 1 is 0.316 bits per heavy atom. The number of nitrogens with two attached hydrogens (primary N) is 4. The van der Waals surface area contributed by atoms with Crippen molar-refractivity contribution in [2.75, 3.05) is 0 Å². The molecule has 4 rings (SSSR count). The van der Waals surface area contributed by atoms with Crippen molar-refractivity contribution in [2.45, 2.75) is 26.2 Å². The van der Waals surface area contributed by atoms with Crippen LogP contribution < -0.4 is 22.9 Å². The molecule has 0 aliphatic heterocycles. The molecule has 0 atom stereocenters. The van der Waals surface area contributed by atoms with Crippen LogP contribution >= 0.6 is 49.6 Å². The fourth-order valence-corrected chi connectivity index (χ4v) is 4.14. The molecule has 0 amide bonds. The summed E-state index contributed by atoms with van der Waals surface area (Å²) in [6.07, 6.45) is 0. The SMILES string of the molecule is Cl.Cl.Cl.Cl.NCc1ccc(C(=C(c2ccc(CN)cc2)c2ccc(CN)cc2)c2ccc(CN)cc2)cc1. The van der Waals surface area contributed by atoms with Crippen molar-refractivity contribution in [1.82, 2.24) is 0 Å². The Hall–Kier alpha value is -2.38. The van der Waals surface area contributed by atoms with Crippen LogP contribution in [-0.4, -0.2) is 0 Å². The summed E-state index contributed by atoms with van der Waals surface area (Å²) < 4.78 is 0. The molecule has 0 spiro atoms.